The van der Waals surface area contributed by atoms with E-state index in [1.54, 1.807) is 7.11 Å². The van der Waals surface area contributed by atoms with E-state index in [0.717, 1.165) is 54.4 Å². The second kappa shape index (κ2) is 8.90. The summed E-state index contributed by atoms with van der Waals surface area (Å²) in [5.41, 5.74) is 1.02. The molecule has 0 N–H and O–H groups in total. The summed E-state index contributed by atoms with van der Waals surface area (Å²) >= 11 is 0. The lowest BCUT2D eigenvalue weighted by atomic mass is 9.96. The van der Waals surface area contributed by atoms with Crippen LogP contribution >= 0.6 is 0 Å². The van der Waals surface area contributed by atoms with Gasteiger partial charge in [-0.15, -0.1) is 0 Å². The molecule has 7 nitrogen and oxygen atoms in total. The quantitative estimate of drug-likeness (QED) is 0.573. The minimum absolute atomic E-state index is 0.0428. The van der Waals surface area contributed by atoms with Crippen molar-refractivity contribution in [2.75, 3.05) is 26.8 Å². The summed E-state index contributed by atoms with van der Waals surface area (Å²) in [6, 6.07) is 14.6. The first-order chi connectivity index (χ1) is 15.7. The Hall–Kier alpha value is -2.93. The van der Waals surface area contributed by atoms with Crippen LogP contribution in [0.5, 0.6) is 0 Å². The third kappa shape index (κ3) is 4.09. The molecule has 0 spiro atoms. The molecule has 2 fully saturated rings. The second-order valence-corrected chi connectivity index (χ2v) is 8.95. The number of piperidine rings is 1. The summed E-state index contributed by atoms with van der Waals surface area (Å²) in [6.45, 7) is 2.30. The van der Waals surface area contributed by atoms with E-state index in [2.05, 4.69) is 18.2 Å². The van der Waals surface area contributed by atoms with Gasteiger partial charge in [-0.1, -0.05) is 42.5 Å². The molecule has 5 rings (SSSR count). The number of hydrogen-bond donors (Lipinski definition) is 0. The van der Waals surface area contributed by atoms with Crippen molar-refractivity contribution in [2.45, 2.75) is 50.6 Å². The van der Waals surface area contributed by atoms with Crippen LogP contribution in [0.15, 0.2) is 47.3 Å². The highest BCUT2D eigenvalue weighted by atomic mass is 16.5. The molecule has 3 aromatic rings. The van der Waals surface area contributed by atoms with Crippen LogP contribution < -0.4 is 5.69 Å². The van der Waals surface area contributed by atoms with Crippen LogP contribution in [0.25, 0.3) is 10.8 Å². The van der Waals surface area contributed by atoms with Crippen molar-refractivity contribution in [1.82, 2.24) is 19.2 Å². The number of rotatable bonds is 7. The molecule has 2 aromatic carbocycles. The molecule has 2 aliphatic rings. The lowest BCUT2D eigenvalue weighted by Crippen LogP contribution is -2.40. The molecule has 32 heavy (non-hydrogen) atoms. The Morgan fingerprint density at radius 3 is 2.75 bits per heavy atom. The standard InChI is InChI=1S/C25H30N4O3/c1-32-15-14-28-25(31)29(21-11-12-21)24(26-28)20-9-5-13-27(17-20)23(30)16-19-8-4-7-18-6-2-3-10-22(18)19/h2-4,6-8,10,20-21H,5,9,11-17H2,1H3. The van der Waals surface area contributed by atoms with Crippen LogP contribution in [-0.2, 0) is 22.5 Å². The normalized spacial score (nSPS) is 18.9. The zero-order valence-electron chi connectivity index (χ0n) is 18.6. The van der Waals surface area contributed by atoms with E-state index < -0.39 is 0 Å². The summed E-state index contributed by atoms with van der Waals surface area (Å²) in [7, 11) is 1.63. The average Bonchev–Trinajstić information content (AvgIpc) is 3.61. The van der Waals surface area contributed by atoms with Gasteiger partial charge >= 0.3 is 5.69 Å². The van der Waals surface area contributed by atoms with E-state index in [0.29, 0.717) is 26.1 Å². The van der Waals surface area contributed by atoms with Crippen molar-refractivity contribution in [1.29, 1.82) is 0 Å². The van der Waals surface area contributed by atoms with Crippen LogP contribution in [-0.4, -0.2) is 52.0 Å². The van der Waals surface area contributed by atoms with Gasteiger partial charge in [0.15, 0.2) is 0 Å². The van der Waals surface area contributed by atoms with Gasteiger partial charge < -0.3 is 9.64 Å². The third-order valence-electron chi connectivity index (χ3n) is 6.68. The third-order valence-corrected chi connectivity index (χ3v) is 6.68. The largest absolute Gasteiger partial charge is 0.383 e. The molecule has 1 aliphatic heterocycles. The topological polar surface area (TPSA) is 69.4 Å². The first kappa shape index (κ1) is 20.9. The number of fused-ring (bicyclic) bond motifs is 1. The minimum Gasteiger partial charge on any atom is -0.383 e. The zero-order chi connectivity index (χ0) is 22.1. The van der Waals surface area contributed by atoms with Crippen molar-refractivity contribution in [3.63, 3.8) is 0 Å². The van der Waals surface area contributed by atoms with Crippen LogP contribution in [0.1, 0.15) is 49.0 Å². The predicted molar refractivity (Wildman–Crippen MR) is 123 cm³/mol. The molecule has 0 bridgehead atoms. The number of benzene rings is 2. The highest BCUT2D eigenvalue weighted by molar-refractivity contribution is 5.90. The van der Waals surface area contributed by atoms with E-state index >= 15 is 0 Å². The van der Waals surface area contributed by atoms with Crippen molar-refractivity contribution in [3.05, 3.63) is 64.3 Å². The zero-order valence-corrected chi connectivity index (χ0v) is 18.6. The maximum Gasteiger partial charge on any atom is 0.346 e. The number of carbonyl (C=O) groups is 1. The Bertz CT molecular complexity index is 1170. The van der Waals surface area contributed by atoms with Gasteiger partial charge in [0.05, 0.1) is 19.6 Å². The number of nitrogens with zero attached hydrogens (tertiary/aromatic N) is 4. The van der Waals surface area contributed by atoms with Crippen molar-refractivity contribution in [3.8, 4) is 0 Å². The Kier molecular flexibility index (Phi) is 5.83. The summed E-state index contributed by atoms with van der Waals surface area (Å²) < 4.78 is 8.57. The number of amides is 1. The molecular weight excluding hydrogens is 404 g/mol. The minimum atomic E-state index is -0.0428. The monoisotopic (exact) mass is 434 g/mol. The molecule has 1 atom stereocenters. The van der Waals surface area contributed by atoms with Crippen LogP contribution in [0.3, 0.4) is 0 Å². The molecule has 7 heteroatoms. The van der Waals surface area contributed by atoms with E-state index in [-0.39, 0.29) is 23.6 Å². The first-order valence-electron chi connectivity index (χ1n) is 11.6. The maximum atomic E-state index is 13.2. The number of likely N-dealkylation sites (tertiary alicyclic amines) is 1. The van der Waals surface area contributed by atoms with Gasteiger partial charge in [-0.05, 0) is 42.0 Å². The van der Waals surface area contributed by atoms with E-state index in [1.807, 2.05) is 33.7 Å². The fraction of sp³-hybridized carbons (Fsp3) is 0.480. The second-order valence-electron chi connectivity index (χ2n) is 8.95. The molecule has 1 amide bonds. The lowest BCUT2D eigenvalue weighted by Gasteiger charge is -2.32. The Balaban J connectivity index is 1.35. The van der Waals surface area contributed by atoms with Crippen LogP contribution in [0.2, 0.25) is 0 Å². The van der Waals surface area contributed by atoms with Gasteiger partial charge in [0.1, 0.15) is 5.82 Å². The molecule has 1 aromatic heterocycles. The molecular formula is C25H30N4O3. The van der Waals surface area contributed by atoms with Gasteiger partial charge in [0.2, 0.25) is 5.91 Å². The molecule has 0 radical (unpaired) electrons. The average molecular weight is 435 g/mol. The van der Waals surface area contributed by atoms with Crippen LogP contribution in [0, 0.1) is 0 Å². The van der Waals surface area contributed by atoms with Crippen LogP contribution in [0.4, 0.5) is 0 Å². The van der Waals surface area contributed by atoms with Gasteiger partial charge in [-0.3, -0.25) is 9.36 Å². The molecule has 1 saturated carbocycles. The summed E-state index contributed by atoms with van der Waals surface area (Å²) in [4.78, 5) is 28.1. The summed E-state index contributed by atoms with van der Waals surface area (Å²) in [5.74, 6) is 1.08. The smallest absolute Gasteiger partial charge is 0.346 e. The Morgan fingerprint density at radius 1 is 1.12 bits per heavy atom. The first-order valence-corrected chi connectivity index (χ1v) is 11.6. The maximum absolute atomic E-state index is 13.2. The molecule has 1 unspecified atom stereocenters. The molecule has 168 valence electrons. The molecule has 2 heterocycles. The summed E-state index contributed by atoms with van der Waals surface area (Å²) in [5, 5.41) is 6.99. The van der Waals surface area contributed by atoms with E-state index in [4.69, 9.17) is 9.84 Å². The van der Waals surface area contributed by atoms with Crippen molar-refractivity contribution in [2.24, 2.45) is 0 Å². The number of hydrogen-bond acceptors (Lipinski definition) is 4. The SMILES string of the molecule is COCCn1nc(C2CCCN(C(=O)Cc3cccc4ccccc34)C2)n(C2CC2)c1=O. The highest BCUT2D eigenvalue weighted by Gasteiger charge is 2.35. The molecule has 1 aliphatic carbocycles. The van der Waals surface area contributed by atoms with Gasteiger partial charge in [-0.2, -0.15) is 5.10 Å². The highest BCUT2D eigenvalue weighted by Crippen LogP contribution is 2.37. The lowest BCUT2D eigenvalue weighted by molar-refractivity contribution is -0.131. The molecule has 1 saturated heterocycles. The summed E-state index contributed by atoms with van der Waals surface area (Å²) in [6.07, 6.45) is 4.33. The van der Waals surface area contributed by atoms with Crippen molar-refractivity contribution < 1.29 is 9.53 Å². The number of carbonyl (C=O) groups excluding carboxylic acids is 1. The van der Waals surface area contributed by atoms with E-state index in [9.17, 15) is 9.59 Å². The number of aromatic nitrogens is 3. The van der Waals surface area contributed by atoms with Crippen molar-refractivity contribution >= 4 is 16.7 Å². The van der Waals surface area contributed by atoms with E-state index in [1.165, 1.54) is 4.68 Å². The number of ether oxygens (including phenoxy) is 1. The Labute approximate surface area is 187 Å². The van der Waals surface area contributed by atoms with Gasteiger partial charge in [-0.25, -0.2) is 9.48 Å². The fourth-order valence-corrected chi connectivity index (χ4v) is 4.85. The fourth-order valence-electron chi connectivity index (χ4n) is 4.85. The number of methoxy groups -OCH3 is 1. The van der Waals surface area contributed by atoms with Gasteiger partial charge in [0.25, 0.3) is 0 Å². The predicted octanol–water partition coefficient (Wildman–Crippen LogP) is 3.13. The van der Waals surface area contributed by atoms with Gasteiger partial charge in [0, 0.05) is 32.2 Å². The Morgan fingerprint density at radius 2 is 1.94 bits per heavy atom.